The van der Waals surface area contributed by atoms with E-state index >= 15 is 0 Å². The Morgan fingerprint density at radius 3 is 2.68 bits per heavy atom. The molecular weight excluding hydrogens is 316 g/mol. The van der Waals surface area contributed by atoms with Gasteiger partial charge in [-0.25, -0.2) is 0 Å². The average Bonchev–Trinajstić information content (AvgIpc) is 2.40. The fourth-order valence-electron chi connectivity index (χ4n) is 2.46. The zero-order valence-electron chi connectivity index (χ0n) is 10.7. The predicted octanol–water partition coefficient (Wildman–Crippen LogP) is 4.47. The number of hydrogen-bond acceptors (Lipinski definition) is 2. The van der Waals surface area contributed by atoms with E-state index < -0.39 is 6.61 Å². The van der Waals surface area contributed by atoms with E-state index in [1.165, 1.54) is 32.1 Å². The van der Waals surface area contributed by atoms with E-state index in [4.69, 9.17) is 0 Å². The second kappa shape index (κ2) is 7.20. The lowest BCUT2D eigenvalue weighted by molar-refractivity contribution is -0.0505. The van der Waals surface area contributed by atoms with Crippen LogP contribution in [0.15, 0.2) is 22.7 Å². The minimum Gasteiger partial charge on any atom is -0.434 e. The van der Waals surface area contributed by atoms with Crippen molar-refractivity contribution in [2.45, 2.75) is 51.3 Å². The average molecular weight is 334 g/mol. The Morgan fingerprint density at radius 2 is 2.00 bits per heavy atom. The third kappa shape index (κ3) is 4.73. The van der Waals surface area contributed by atoms with Gasteiger partial charge in [0, 0.05) is 22.6 Å². The lowest BCUT2D eigenvalue weighted by Crippen LogP contribution is -2.30. The Labute approximate surface area is 120 Å². The summed E-state index contributed by atoms with van der Waals surface area (Å²) in [6.45, 7) is -2.22. The van der Waals surface area contributed by atoms with E-state index in [0.717, 1.165) is 10.0 Å². The molecule has 1 aliphatic rings. The van der Waals surface area contributed by atoms with Crippen molar-refractivity contribution in [3.8, 4) is 5.75 Å². The molecule has 1 saturated carbocycles. The third-order valence-corrected chi connectivity index (χ3v) is 3.92. The molecule has 1 fully saturated rings. The Morgan fingerprint density at radius 1 is 1.26 bits per heavy atom. The van der Waals surface area contributed by atoms with Crippen molar-refractivity contribution < 1.29 is 13.5 Å². The van der Waals surface area contributed by atoms with Gasteiger partial charge in [-0.1, -0.05) is 35.2 Å². The summed E-state index contributed by atoms with van der Waals surface area (Å²) < 4.78 is 30.1. The van der Waals surface area contributed by atoms with Crippen molar-refractivity contribution in [3.05, 3.63) is 28.2 Å². The highest BCUT2D eigenvalue weighted by Crippen LogP contribution is 2.25. The number of benzene rings is 1. The van der Waals surface area contributed by atoms with Gasteiger partial charge in [-0.3, -0.25) is 0 Å². The van der Waals surface area contributed by atoms with Gasteiger partial charge in [-0.05, 0) is 31.0 Å². The monoisotopic (exact) mass is 333 g/mol. The van der Waals surface area contributed by atoms with Gasteiger partial charge in [0.2, 0.25) is 0 Å². The summed E-state index contributed by atoms with van der Waals surface area (Å²) in [5, 5.41) is 3.43. The van der Waals surface area contributed by atoms with Crippen molar-refractivity contribution in [2.24, 2.45) is 0 Å². The zero-order valence-corrected chi connectivity index (χ0v) is 12.3. The van der Waals surface area contributed by atoms with Crippen molar-refractivity contribution in [1.82, 2.24) is 5.32 Å². The topological polar surface area (TPSA) is 21.3 Å². The number of hydrogen-bond donors (Lipinski definition) is 1. The van der Waals surface area contributed by atoms with Crippen LogP contribution in [0.1, 0.15) is 37.7 Å². The summed E-state index contributed by atoms with van der Waals surface area (Å²) in [6, 6.07) is 5.61. The van der Waals surface area contributed by atoms with E-state index in [2.05, 4.69) is 26.0 Å². The number of rotatable bonds is 5. The van der Waals surface area contributed by atoms with Gasteiger partial charge in [0.25, 0.3) is 0 Å². The Bertz CT molecular complexity index is 408. The van der Waals surface area contributed by atoms with Crippen molar-refractivity contribution in [3.63, 3.8) is 0 Å². The van der Waals surface area contributed by atoms with Crippen LogP contribution in [0.2, 0.25) is 0 Å². The third-order valence-electron chi connectivity index (χ3n) is 3.42. The van der Waals surface area contributed by atoms with Gasteiger partial charge in [0.1, 0.15) is 5.75 Å². The molecule has 0 spiro atoms. The molecule has 0 atom stereocenters. The molecule has 2 nitrogen and oxygen atoms in total. The zero-order chi connectivity index (χ0) is 13.7. The molecule has 19 heavy (non-hydrogen) atoms. The van der Waals surface area contributed by atoms with Crippen molar-refractivity contribution in [1.29, 1.82) is 0 Å². The van der Waals surface area contributed by atoms with Gasteiger partial charge in [0.05, 0.1) is 0 Å². The summed E-state index contributed by atoms with van der Waals surface area (Å²) in [5.41, 5.74) is 0.764. The van der Waals surface area contributed by atoms with Crippen LogP contribution in [0.25, 0.3) is 0 Å². The first-order chi connectivity index (χ1) is 9.15. The van der Waals surface area contributed by atoms with Crippen molar-refractivity contribution >= 4 is 15.9 Å². The molecule has 1 aromatic carbocycles. The molecule has 0 aliphatic heterocycles. The van der Waals surface area contributed by atoms with Gasteiger partial charge in [0.15, 0.2) is 0 Å². The van der Waals surface area contributed by atoms with E-state index in [1.807, 2.05) is 6.07 Å². The second-order valence-electron chi connectivity index (χ2n) is 4.85. The van der Waals surface area contributed by atoms with Gasteiger partial charge < -0.3 is 10.1 Å². The number of halogens is 3. The maximum atomic E-state index is 12.3. The SMILES string of the molecule is FC(F)Oc1ccc(Br)cc1CNC1CCCCC1. The fourth-order valence-corrected chi connectivity index (χ4v) is 2.87. The first kappa shape index (κ1) is 14.7. The van der Waals surface area contributed by atoms with Crippen LogP contribution in [0, 0.1) is 0 Å². The molecule has 1 aromatic rings. The van der Waals surface area contributed by atoms with Crippen LogP contribution >= 0.6 is 15.9 Å². The van der Waals surface area contributed by atoms with Crippen LogP contribution in [-0.4, -0.2) is 12.7 Å². The molecular formula is C14H18BrF2NO. The number of ether oxygens (including phenoxy) is 1. The van der Waals surface area contributed by atoms with Gasteiger partial charge in [-0.15, -0.1) is 0 Å². The first-order valence-electron chi connectivity index (χ1n) is 6.62. The molecule has 1 N–H and O–H groups in total. The van der Waals surface area contributed by atoms with E-state index in [-0.39, 0.29) is 5.75 Å². The molecule has 1 aliphatic carbocycles. The van der Waals surface area contributed by atoms with Crippen LogP contribution in [-0.2, 0) is 6.54 Å². The summed E-state index contributed by atoms with van der Waals surface area (Å²) >= 11 is 3.36. The van der Waals surface area contributed by atoms with Crippen molar-refractivity contribution in [2.75, 3.05) is 0 Å². The minimum atomic E-state index is -2.78. The molecule has 2 rings (SSSR count). The molecule has 0 bridgehead atoms. The van der Waals surface area contributed by atoms with Crippen LogP contribution in [0.4, 0.5) is 8.78 Å². The number of alkyl halides is 2. The first-order valence-corrected chi connectivity index (χ1v) is 7.41. The molecule has 5 heteroatoms. The Hall–Kier alpha value is -0.680. The molecule has 0 unspecified atom stereocenters. The lowest BCUT2D eigenvalue weighted by Gasteiger charge is -2.23. The fraction of sp³-hybridized carbons (Fsp3) is 0.571. The summed E-state index contributed by atoms with van der Waals surface area (Å²) in [6.07, 6.45) is 6.12. The standard InChI is InChI=1S/C14H18BrF2NO/c15-11-6-7-13(19-14(16)17)10(8-11)9-18-12-4-2-1-3-5-12/h6-8,12,14,18H,1-5,9H2. The summed E-state index contributed by atoms with van der Waals surface area (Å²) in [5.74, 6) is 0.251. The second-order valence-corrected chi connectivity index (χ2v) is 5.76. The minimum absolute atomic E-state index is 0.251. The number of nitrogens with one attached hydrogen (secondary N) is 1. The van der Waals surface area contributed by atoms with E-state index in [0.29, 0.717) is 12.6 Å². The highest BCUT2D eigenvalue weighted by atomic mass is 79.9. The quantitative estimate of drug-likeness (QED) is 0.858. The Balaban J connectivity index is 1.98. The van der Waals surface area contributed by atoms with Gasteiger partial charge in [-0.2, -0.15) is 8.78 Å². The largest absolute Gasteiger partial charge is 0.434 e. The maximum Gasteiger partial charge on any atom is 0.387 e. The molecule has 0 saturated heterocycles. The maximum absolute atomic E-state index is 12.3. The van der Waals surface area contributed by atoms with E-state index in [1.54, 1.807) is 12.1 Å². The molecule has 106 valence electrons. The summed E-state index contributed by atoms with van der Waals surface area (Å²) in [7, 11) is 0. The van der Waals surface area contributed by atoms with E-state index in [9.17, 15) is 8.78 Å². The highest BCUT2D eigenvalue weighted by molar-refractivity contribution is 9.10. The van der Waals surface area contributed by atoms with Crippen LogP contribution in [0.3, 0.4) is 0 Å². The lowest BCUT2D eigenvalue weighted by atomic mass is 9.95. The van der Waals surface area contributed by atoms with Gasteiger partial charge >= 0.3 is 6.61 Å². The Kier molecular flexibility index (Phi) is 5.58. The molecule has 0 radical (unpaired) electrons. The molecule has 0 aromatic heterocycles. The molecule has 0 heterocycles. The smallest absolute Gasteiger partial charge is 0.387 e. The van der Waals surface area contributed by atoms with Crippen LogP contribution in [0.5, 0.6) is 5.75 Å². The highest BCUT2D eigenvalue weighted by Gasteiger charge is 2.15. The summed E-state index contributed by atoms with van der Waals surface area (Å²) in [4.78, 5) is 0. The van der Waals surface area contributed by atoms with Crippen LogP contribution < -0.4 is 10.1 Å². The predicted molar refractivity (Wildman–Crippen MR) is 74.5 cm³/mol. The molecule has 0 amide bonds. The normalized spacial score (nSPS) is 16.8.